The third-order valence-electron chi connectivity index (χ3n) is 2.52. The van der Waals surface area contributed by atoms with E-state index in [1.54, 1.807) is 11.1 Å². The number of hydrogen-bond donors (Lipinski definition) is 0. The second-order valence-electron chi connectivity index (χ2n) is 6.92. The first-order chi connectivity index (χ1) is 6.67. The van der Waals surface area contributed by atoms with Crippen molar-refractivity contribution >= 4 is 16.1 Å². The van der Waals surface area contributed by atoms with Crippen LogP contribution in [0, 0.1) is 0 Å². The first-order valence-electron chi connectivity index (χ1n) is 6.11. The van der Waals surface area contributed by atoms with Crippen LogP contribution in [0.1, 0.15) is 19.3 Å². The monoisotopic (exact) mass is 238 g/mol. The van der Waals surface area contributed by atoms with Gasteiger partial charge in [-0.25, -0.2) is 0 Å². The molecular formula is C13H26Si2. The van der Waals surface area contributed by atoms with Gasteiger partial charge in [0.05, 0.1) is 16.1 Å². The van der Waals surface area contributed by atoms with E-state index in [4.69, 9.17) is 0 Å². The highest BCUT2D eigenvalue weighted by Crippen LogP contribution is 2.32. The van der Waals surface area contributed by atoms with Crippen molar-refractivity contribution in [3.8, 4) is 0 Å². The van der Waals surface area contributed by atoms with Crippen molar-refractivity contribution in [3.05, 3.63) is 22.5 Å². The molecule has 0 aromatic heterocycles. The highest BCUT2D eigenvalue weighted by Gasteiger charge is 2.20. The summed E-state index contributed by atoms with van der Waals surface area (Å²) in [6, 6.07) is 0. The predicted molar refractivity (Wildman–Crippen MR) is 76.7 cm³/mol. The summed E-state index contributed by atoms with van der Waals surface area (Å²) in [5.41, 5.74) is 8.62. The Kier molecular flexibility index (Phi) is 3.82. The van der Waals surface area contributed by atoms with Gasteiger partial charge < -0.3 is 0 Å². The molecule has 0 amide bonds. The van der Waals surface area contributed by atoms with Crippen LogP contribution in [-0.4, -0.2) is 16.1 Å². The van der Waals surface area contributed by atoms with Gasteiger partial charge in [0.2, 0.25) is 0 Å². The van der Waals surface area contributed by atoms with Gasteiger partial charge in [0.25, 0.3) is 0 Å². The second kappa shape index (κ2) is 4.42. The molecule has 0 aromatic carbocycles. The zero-order valence-corrected chi connectivity index (χ0v) is 13.3. The van der Waals surface area contributed by atoms with Crippen molar-refractivity contribution in [3.63, 3.8) is 0 Å². The Balaban J connectivity index is 2.92. The van der Waals surface area contributed by atoms with Crippen LogP contribution in [0.5, 0.6) is 0 Å². The minimum Gasteiger partial charge on any atom is -0.0916 e. The van der Waals surface area contributed by atoms with Crippen LogP contribution in [0.15, 0.2) is 22.5 Å². The SMILES string of the molecule is C[Si](C)(C)C=C1CCCC1=C[Si](C)(C)C. The van der Waals surface area contributed by atoms with E-state index in [2.05, 4.69) is 50.7 Å². The molecule has 0 atom stereocenters. The maximum Gasteiger partial charge on any atom is 0.0690 e. The zero-order valence-electron chi connectivity index (χ0n) is 11.3. The molecule has 0 nitrogen and oxygen atoms in total. The molecule has 1 fully saturated rings. The molecule has 0 bridgehead atoms. The molecule has 15 heavy (non-hydrogen) atoms. The third-order valence-corrected chi connectivity index (χ3v) is 4.95. The summed E-state index contributed by atoms with van der Waals surface area (Å²) >= 11 is 0. The van der Waals surface area contributed by atoms with E-state index in [0.717, 1.165) is 0 Å². The topological polar surface area (TPSA) is 0 Å². The summed E-state index contributed by atoms with van der Waals surface area (Å²) in [6.07, 6.45) is 4.05. The Labute approximate surface area is 97.5 Å². The first-order valence-corrected chi connectivity index (χ1v) is 13.3. The fourth-order valence-corrected chi connectivity index (χ4v) is 4.92. The highest BCUT2D eigenvalue weighted by molar-refractivity contribution is 6.82. The molecule has 2 heteroatoms. The van der Waals surface area contributed by atoms with Crippen LogP contribution in [-0.2, 0) is 0 Å². The summed E-state index contributed by atoms with van der Waals surface area (Å²) in [5, 5.41) is 0. The average molecular weight is 239 g/mol. The Morgan fingerprint density at radius 3 is 1.33 bits per heavy atom. The normalized spacial score (nSPS) is 24.1. The van der Waals surface area contributed by atoms with Crippen LogP contribution in [0.2, 0.25) is 39.3 Å². The maximum absolute atomic E-state index is 2.62. The molecule has 0 aliphatic heterocycles. The van der Waals surface area contributed by atoms with Crippen molar-refractivity contribution < 1.29 is 0 Å². The van der Waals surface area contributed by atoms with Gasteiger partial charge in [0.15, 0.2) is 0 Å². The molecule has 0 aromatic rings. The number of rotatable bonds is 2. The summed E-state index contributed by atoms with van der Waals surface area (Å²) in [5.74, 6) is 0. The van der Waals surface area contributed by atoms with Crippen molar-refractivity contribution in [1.29, 1.82) is 0 Å². The quantitative estimate of drug-likeness (QED) is 0.608. The lowest BCUT2D eigenvalue weighted by atomic mass is 10.2. The standard InChI is InChI=1S/C13H26Si2/c1-14(2,3)10-12-8-7-9-13(12)11-15(4,5)6/h10-11H,7-9H2,1-6H3. The molecule has 0 N–H and O–H groups in total. The molecule has 86 valence electrons. The van der Waals surface area contributed by atoms with Crippen LogP contribution in [0.25, 0.3) is 0 Å². The Morgan fingerprint density at radius 1 is 0.733 bits per heavy atom. The minimum atomic E-state index is -1.03. The van der Waals surface area contributed by atoms with Crippen molar-refractivity contribution in [2.24, 2.45) is 0 Å². The van der Waals surface area contributed by atoms with Crippen molar-refractivity contribution in [2.75, 3.05) is 0 Å². The second-order valence-corrected chi connectivity index (χ2v) is 17.0. The largest absolute Gasteiger partial charge is 0.0916 e. The fraction of sp³-hybridized carbons (Fsp3) is 0.692. The van der Waals surface area contributed by atoms with Gasteiger partial charge in [-0.05, 0) is 19.3 Å². The number of hydrogen-bond acceptors (Lipinski definition) is 0. The van der Waals surface area contributed by atoms with Crippen LogP contribution in [0.4, 0.5) is 0 Å². The molecule has 1 aliphatic carbocycles. The molecular weight excluding hydrogens is 212 g/mol. The molecule has 0 unspecified atom stereocenters. The Morgan fingerprint density at radius 2 is 1.07 bits per heavy atom. The van der Waals surface area contributed by atoms with E-state index < -0.39 is 16.1 Å². The Hall–Kier alpha value is -0.0862. The van der Waals surface area contributed by atoms with Gasteiger partial charge in [0, 0.05) is 0 Å². The predicted octanol–water partition coefficient (Wildman–Crippen LogP) is 4.78. The summed E-state index contributed by atoms with van der Waals surface area (Å²) in [6.45, 7) is 14.6. The van der Waals surface area contributed by atoms with Gasteiger partial charge in [-0.3, -0.25) is 0 Å². The highest BCUT2D eigenvalue weighted by atomic mass is 28.3. The zero-order chi connectivity index (χ0) is 11.7. The smallest absolute Gasteiger partial charge is 0.0690 e. The fourth-order valence-electron chi connectivity index (χ4n) is 2.17. The summed E-state index contributed by atoms with van der Waals surface area (Å²) < 4.78 is 0. The maximum atomic E-state index is 2.62. The number of allylic oxidation sites excluding steroid dienone is 2. The van der Waals surface area contributed by atoms with E-state index in [9.17, 15) is 0 Å². The molecule has 1 saturated carbocycles. The van der Waals surface area contributed by atoms with Crippen molar-refractivity contribution in [2.45, 2.75) is 58.5 Å². The van der Waals surface area contributed by atoms with Gasteiger partial charge in [-0.15, -0.1) is 0 Å². The van der Waals surface area contributed by atoms with E-state index in [1.807, 2.05) is 0 Å². The molecule has 0 heterocycles. The minimum absolute atomic E-state index is 1.03. The van der Waals surface area contributed by atoms with E-state index in [0.29, 0.717) is 0 Å². The van der Waals surface area contributed by atoms with Crippen LogP contribution in [0.3, 0.4) is 0 Å². The molecule has 0 radical (unpaired) electrons. The molecule has 1 aliphatic rings. The van der Waals surface area contributed by atoms with Gasteiger partial charge >= 0.3 is 0 Å². The summed E-state index contributed by atoms with van der Waals surface area (Å²) in [4.78, 5) is 0. The Bertz CT molecular complexity index is 255. The molecule has 0 spiro atoms. The van der Waals surface area contributed by atoms with Crippen LogP contribution < -0.4 is 0 Å². The summed E-state index contributed by atoms with van der Waals surface area (Å²) in [7, 11) is -2.05. The van der Waals surface area contributed by atoms with E-state index >= 15 is 0 Å². The lowest BCUT2D eigenvalue weighted by Gasteiger charge is -2.15. The van der Waals surface area contributed by atoms with Crippen molar-refractivity contribution in [1.82, 2.24) is 0 Å². The third kappa shape index (κ3) is 4.98. The van der Waals surface area contributed by atoms with Gasteiger partial charge in [-0.2, -0.15) is 0 Å². The average Bonchev–Trinajstić information content (AvgIpc) is 2.29. The van der Waals surface area contributed by atoms with Crippen LogP contribution >= 0.6 is 0 Å². The first kappa shape index (κ1) is 13.0. The molecule has 0 saturated heterocycles. The lowest BCUT2D eigenvalue weighted by Crippen LogP contribution is -2.19. The van der Waals surface area contributed by atoms with E-state index in [1.165, 1.54) is 19.3 Å². The van der Waals surface area contributed by atoms with Gasteiger partial charge in [0.1, 0.15) is 0 Å². The lowest BCUT2D eigenvalue weighted by molar-refractivity contribution is 0.933. The van der Waals surface area contributed by atoms with Gasteiger partial charge in [-0.1, -0.05) is 61.8 Å². The van der Waals surface area contributed by atoms with E-state index in [-0.39, 0.29) is 0 Å². The molecule has 1 rings (SSSR count).